The summed E-state index contributed by atoms with van der Waals surface area (Å²) in [5.74, 6) is 0.821. The molecule has 0 fully saturated rings. The molecule has 2 aromatic carbocycles. The van der Waals surface area contributed by atoms with Crippen LogP contribution >= 0.6 is 11.6 Å². The SMILES string of the molecule is Clc1cnccc1NCc1ccc2cncc(-c3cc4ccccc4o3)c2c1. The number of para-hydroxylation sites is 1. The van der Waals surface area contributed by atoms with Crippen molar-refractivity contribution in [3.8, 4) is 11.3 Å². The predicted molar refractivity (Wildman–Crippen MR) is 114 cm³/mol. The van der Waals surface area contributed by atoms with Gasteiger partial charge in [0.25, 0.3) is 0 Å². The van der Waals surface area contributed by atoms with Crippen molar-refractivity contribution >= 4 is 39.0 Å². The van der Waals surface area contributed by atoms with Gasteiger partial charge in [-0.2, -0.15) is 0 Å². The summed E-state index contributed by atoms with van der Waals surface area (Å²) in [6.07, 6.45) is 7.09. The number of aromatic nitrogens is 2. The lowest BCUT2D eigenvalue weighted by Crippen LogP contribution is -2.00. The van der Waals surface area contributed by atoms with Crippen molar-refractivity contribution in [1.29, 1.82) is 0 Å². The van der Waals surface area contributed by atoms with E-state index in [2.05, 4.69) is 45.6 Å². The van der Waals surface area contributed by atoms with Crippen LogP contribution in [0.25, 0.3) is 33.1 Å². The van der Waals surface area contributed by atoms with Gasteiger partial charge in [0.1, 0.15) is 11.3 Å². The summed E-state index contributed by atoms with van der Waals surface area (Å²) in [6.45, 7) is 0.654. The molecule has 5 rings (SSSR count). The minimum Gasteiger partial charge on any atom is -0.456 e. The van der Waals surface area contributed by atoms with Crippen molar-refractivity contribution in [1.82, 2.24) is 9.97 Å². The highest BCUT2D eigenvalue weighted by atomic mass is 35.5. The number of nitrogens with zero attached hydrogens (tertiary/aromatic N) is 2. The average molecular weight is 386 g/mol. The van der Waals surface area contributed by atoms with Crippen LogP contribution in [-0.2, 0) is 6.54 Å². The highest BCUT2D eigenvalue weighted by Gasteiger charge is 2.11. The Hall–Kier alpha value is -3.37. The van der Waals surface area contributed by atoms with E-state index < -0.39 is 0 Å². The number of anilines is 1. The number of rotatable bonds is 4. The molecule has 0 atom stereocenters. The molecular formula is C23H16ClN3O. The molecule has 0 bridgehead atoms. The van der Waals surface area contributed by atoms with Gasteiger partial charge in [0, 0.05) is 47.7 Å². The second-order valence-corrected chi connectivity index (χ2v) is 7.01. The van der Waals surface area contributed by atoms with Gasteiger partial charge in [-0.05, 0) is 35.2 Å². The molecule has 0 spiro atoms. The summed E-state index contributed by atoms with van der Waals surface area (Å²) < 4.78 is 6.07. The number of fused-ring (bicyclic) bond motifs is 2. The minimum absolute atomic E-state index is 0.607. The molecule has 0 saturated carbocycles. The summed E-state index contributed by atoms with van der Waals surface area (Å²) in [7, 11) is 0. The first kappa shape index (κ1) is 16.8. The van der Waals surface area contributed by atoms with Gasteiger partial charge in [-0.15, -0.1) is 0 Å². The van der Waals surface area contributed by atoms with Gasteiger partial charge < -0.3 is 9.73 Å². The van der Waals surface area contributed by atoms with E-state index >= 15 is 0 Å². The standard InChI is InChI=1S/C23H16ClN3O/c24-20-14-25-8-7-21(20)27-11-15-5-6-17-12-26-13-19(18(17)9-15)23-10-16-3-1-2-4-22(16)28-23/h1-10,12-14H,11H2,(H,25,27). The van der Waals surface area contributed by atoms with Gasteiger partial charge >= 0.3 is 0 Å². The zero-order valence-corrected chi connectivity index (χ0v) is 15.6. The lowest BCUT2D eigenvalue weighted by Gasteiger charge is -2.10. The maximum atomic E-state index is 6.18. The van der Waals surface area contributed by atoms with Crippen molar-refractivity contribution < 1.29 is 4.42 Å². The summed E-state index contributed by atoms with van der Waals surface area (Å²) in [5.41, 5.74) is 3.87. The van der Waals surface area contributed by atoms with Crippen molar-refractivity contribution in [2.45, 2.75) is 6.54 Å². The van der Waals surface area contributed by atoms with Crippen LogP contribution in [0.3, 0.4) is 0 Å². The maximum Gasteiger partial charge on any atom is 0.137 e. The highest BCUT2D eigenvalue weighted by molar-refractivity contribution is 6.33. The van der Waals surface area contributed by atoms with Gasteiger partial charge in [0.05, 0.1) is 10.7 Å². The second kappa shape index (κ2) is 6.98. The van der Waals surface area contributed by atoms with Crippen LogP contribution in [0.5, 0.6) is 0 Å². The van der Waals surface area contributed by atoms with Crippen LogP contribution in [0.1, 0.15) is 5.56 Å². The van der Waals surface area contributed by atoms with Crippen LogP contribution in [0.15, 0.2) is 83.8 Å². The third kappa shape index (κ3) is 3.08. The normalized spacial score (nSPS) is 11.2. The fourth-order valence-corrected chi connectivity index (χ4v) is 3.53. The Morgan fingerprint density at radius 2 is 1.82 bits per heavy atom. The number of benzene rings is 2. The number of hydrogen-bond acceptors (Lipinski definition) is 4. The number of hydrogen-bond donors (Lipinski definition) is 1. The van der Waals surface area contributed by atoms with Gasteiger partial charge in [0.15, 0.2) is 0 Å². The van der Waals surface area contributed by atoms with E-state index in [1.54, 1.807) is 12.4 Å². The molecule has 0 radical (unpaired) electrons. The maximum absolute atomic E-state index is 6.18. The van der Waals surface area contributed by atoms with Crippen LogP contribution in [0.2, 0.25) is 5.02 Å². The molecule has 1 N–H and O–H groups in total. The predicted octanol–water partition coefficient (Wildman–Crippen LogP) is 6.31. The molecule has 0 saturated heterocycles. The van der Waals surface area contributed by atoms with Crippen molar-refractivity contribution in [2.75, 3.05) is 5.32 Å². The van der Waals surface area contributed by atoms with Crippen molar-refractivity contribution in [3.05, 3.63) is 90.0 Å². The second-order valence-electron chi connectivity index (χ2n) is 6.60. The Balaban J connectivity index is 1.53. The summed E-state index contributed by atoms with van der Waals surface area (Å²) in [5, 5.41) is 7.23. The van der Waals surface area contributed by atoms with E-state index in [0.29, 0.717) is 11.6 Å². The van der Waals surface area contributed by atoms with Crippen molar-refractivity contribution in [2.24, 2.45) is 0 Å². The summed E-state index contributed by atoms with van der Waals surface area (Å²) >= 11 is 6.18. The van der Waals surface area contributed by atoms with E-state index in [9.17, 15) is 0 Å². The number of pyridine rings is 2. The lowest BCUT2D eigenvalue weighted by atomic mass is 10.0. The van der Waals surface area contributed by atoms with E-state index in [0.717, 1.165) is 44.3 Å². The highest BCUT2D eigenvalue weighted by Crippen LogP contribution is 2.33. The summed E-state index contributed by atoms with van der Waals surface area (Å²) in [6, 6.07) is 18.3. The van der Waals surface area contributed by atoms with E-state index in [1.807, 2.05) is 36.7 Å². The van der Waals surface area contributed by atoms with Crippen LogP contribution < -0.4 is 5.32 Å². The van der Waals surface area contributed by atoms with E-state index in [1.165, 1.54) is 0 Å². The first-order valence-electron chi connectivity index (χ1n) is 8.97. The van der Waals surface area contributed by atoms with Crippen LogP contribution in [0, 0.1) is 0 Å². The largest absolute Gasteiger partial charge is 0.456 e. The molecule has 28 heavy (non-hydrogen) atoms. The zero-order chi connectivity index (χ0) is 18.9. The Kier molecular flexibility index (Phi) is 4.18. The number of halogens is 1. The molecule has 0 amide bonds. The van der Waals surface area contributed by atoms with Crippen LogP contribution in [0.4, 0.5) is 5.69 Å². The molecule has 0 aliphatic heterocycles. The topological polar surface area (TPSA) is 51.0 Å². The molecule has 0 aliphatic carbocycles. The van der Waals surface area contributed by atoms with Gasteiger partial charge in [-0.1, -0.05) is 41.9 Å². The lowest BCUT2D eigenvalue weighted by molar-refractivity contribution is 0.632. The minimum atomic E-state index is 0.607. The smallest absolute Gasteiger partial charge is 0.137 e. The average Bonchev–Trinajstić information content (AvgIpc) is 3.16. The molecule has 5 aromatic rings. The quantitative estimate of drug-likeness (QED) is 0.394. The number of nitrogens with one attached hydrogen (secondary N) is 1. The molecule has 0 aliphatic rings. The molecule has 3 aromatic heterocycles. The molecule has 5 heteroatoms. The molecule has 4 nitrogen and oxygen atoms in total. The Bertz CT molecular complexity index is 1260. The van der Waals surface area contributed by atoms with Gasteiger partial charge in [-0.3, -0.25) is 9.97 Å². The first-order chi connectivity index (χ1) is 13.8. The monoisotopic (exact) mass is 385 g/mol. The Morgan fingerprint density at radius 3 is 2.71 bits per heavy atom. The number of furan rings is 1. The molecule has 0 unspecified atom stereocenters. The zero-order valence-electron chi connectivity index (χ0n) is 14.9. The van der Waals surface area contributed by atoms with Crippen LogP contribution in [-0.4, -0.2) is 9.97 Å². The Labute approximate surface area is 166 Å². The third-order valence-corrected chi connectivity index (χ3v) is 5.07. The molecule has 136 valence electrons. The fraction of sp³-hybridized carbons (Fsp3) is 0.0435. The van der Waals surface area contributed by atoms with Gasteiger partial charge in [-0.25, -0.2) is 0 Å². The van der Waals surface area contributed by atoms with E-state index in [-0.39, 0.29) is 0 Å². The Morgan fingerprint density at radius 1 is 0.893 bits per heavy atom. The first-order valence-corrected chi connectivity index (χ1v) is 9.35. The molecule has 3 heterocycles. The van der Waals surface area contributed by atoms with Gasteiger partial charge in [0.2, 0.25) is 0 Å². The fourth-order valence-electron chi connectivity index (χ4n) is 3.35. The molecular weight excluding hydrogens is 370 g/mol. The van der Waals surface area contributed by atoms with E-state index in [4.69, 9.17) is 16.0 Å². The van der Waals surface area contributed by atoms with Crippen molar-refractivity contribution in [3.63, 3.8) is 0 Å². The summed E-state index contributed by atoms with van der Waals surface area (Å²) in [4.78, 5) is 8.41. The third-order valence-electron chi connectivity index (χ3n) is 4.77.